The molecule has 6 nitrogen and oxygen atoms in total. The van der Waals surface area contributed by atoms with Crippen LogP contribution in [0.4, 0.5) is 0 Å². The van der Waals surface area contributed by atoms with Crippen molar-refractivity contribution in [2.75, 3.05) is 0 Å². The molecule has 0 unspecified atom stereocenters. The maximum absolute atomic E-state index is 12.4. The first-order valence-corrected chi connectivity index (χ1v) is 10.2. The van der Waals surface area contributed by atoms with Gasteiger partial charge in [-0.1, -0.05) is 78.9 Å². The van der Waals surface area contributed by atoms with Gasteiger partial charge in [-0.2, -0.15) is 10.2 Å². The van der Waals surface area contributed by atoms with Gasteiger partial charge in [-0.05, 0) is 35.4 Å². The summed E-state index contributed by atoms with van der Waals surface area (Å²) in [4.78, 5) is 12.4. The second-order valence-corrected chi connectivity index (χ2v) is 6.93. The van der Waals surface area contributed by atoms with E-state index in [1.54, 1.807) is 12.1 Å². The van der Waals surface area contributed by atoms with Crippen LogP contribution in [0.25, 0.3) is 17.3 Å². The maximum Gasteiger partial charge on any atom is 0.289 e. The van der Waals surface area contributed by atoms with Gasteiger partial charge in [0, 0.05) is 11.8 Å². The van der Waals surface area contributed by atoms with Crippen LogP contribution in [0.3, 0.4) is 0 Å². The maximum atomic E-state index is 12.4. The number of rotatable bonds is 8. The zero-order valence-electron chi connectivity index (χ0n) is 17.3. The number of hydrogen-bond donors (Lipinski definition) is 2. The molecule has 0 aliphatic carbocycles. The molecule has 32 heavy (non-hydrogen) atoms. The van der Waals surface area contributed by atoms with Gasteiger partial charge in [0.2, 0.25) is 0 Å². The molecule has 0 saturated carbocycles. The summed E-state index contributed by atoms with van der Waals surface area (Å²) in [5.41, 5.74) is 6.34. The van der Waals surface area contributed by atoms with Gasteiger partial charge in [0.1, 0.15) is 18.1 Å². The van der Waals surface area contributed by atoms with Crippen molar-refractivity contribution in [3.8, 4) is 17.0 Å². The Hall–Kier alpha value is -4.45. The van der Waals surface area contributed by atoms with Gasteiger partial charge in [-0.15, -0.1) is 0 Å². The zero-order valence-corrected chi connectivity index (χ0v) is 17.3. The van der Waals surface area contributed by atoms with Crippen molar-refractivity contribution in [3.05, 3.63) is 114 Å². The Kier molecular flexibility index (Phi) is 6.85. The molecule has 6 heteroatoms. The summed E-state index contributed by atoms with van der Waals surface area (Å²) in [6, 6.07) is 29.1. The quantitative estimate of drug-likeness (QED) is 0.307. The summed E-state index contributed by atoms with van der Waals surface area (Å²) in [7, 11) is 0. The van der Waals surface area contributed by atoms with Gasteiger partial charge in [0.15, 0.2) is 0 Å². The Morgan fingerprint density at radius 1 is 0.969 bits per heavy atom. The van der Waals surface area contributed by atoms with Crippen molar-refractivity contribution >= 4 is 18.2 Å². The fourth-order valence-electron chi connectivity index (χ4n) is 3.03. The number of hydrogen-bond acceptors (Lipinski definition) is 4. The SMILES string of the molecule is O=C(N/N=C/C=C/c1ccccc1)c1cc(-c2ccccc2OCc2ccccc2)n[nH]1. The molecule has 4 aromatic rings. The van der Waals surface area contributed by atoms with E-state index in [2.05, 4.69) is 20.7 Å². The Morgan fingerprint density at radius 2 is 1.69 bits per heavy atom. The molecule has 0 aliphatic rings. The van der Waals surface area contributed by atoms with Crippen molar-refractivity contribution in [2.24, 2.45) is 5.10 Å². The van der Waals surface area contributed by atoms with Crippen LogP contribution >= 0.6 is 0 Å². The summed E-state index contributed by atoms with van der Waals surface area (Å²) >= 11 is 0. The molecule has 158 valence electrons. The van der Waals surface area contributed by atoms with Gasteiger partial charge in [-0.25, -0.2) is 5.43 Å². The molecule has 4 rings (SSSR count). The summed E-state index contributed by atoms with van der Waals surface area (Å²) in [5.74, 6) is 0.315. The predicted molar refractivity (Wildman–Crippen MR) is 126 cm³/mol. The van der Waals surface area contributed by atoms with Crippen molar-refractivity contribution in [1.29, 1.82) is 0 Å². The molecule has 0 radical (unpaired) electrons. The van der Waals surface area contributed by atoms with Crippen LogP contribution in [0.1, 0.15) is 21.6 Å². The highest BCUT2D eigenvalue weighted by molar-refractivity contribution is 5.94. The number of amides is 1. The highest BCUT2D eigenvalue weighted by Crippen LogP contribution is 2.29. The topological polar surface area (TPSA) is 79.4 Å². The third-order valence-electron chi connectivity index (χ3n) is 4.64. The molecule has 1 amide bonds. The molecular formula is C26H22N4O2. The first kappa shape index (κ1) is 20.8. The van der Waals surface area contributed by atoms with Crippen LogP contribution in [-0.2, 0) is 6.61 Å². The molecule has 1 aromatic heterocycles. The van der Waals surface area contributed by atoms with Crippen LogP contribution in [0.2, 0.25) is 0 Å². The van der Waals surface area contributed by atoms with Crippen molar-refractivity contribution in [3.63, 3.8) is 0 Å². The molecule has 0 spiro atoms. The van der Waals surface area contributed by atoms with E-state index in [1.165, 1.54) is 6.21 Å². The lowest BCUT2D eigenvalue weighted by atomic mass is 10.1. The van der Waals surface area contributed by atoms with E-state index in [1.807, 2.05) is 91.0 Å². The Bertz CT molecular complexity index is 1210. The van der Waals surface area contributed by atoms with E-state index in [9.17, 15) is 4.79 Å². The van der Waals surface area contributed by atoms with Crippen molar-refractivity contribution in [1.82, 2.24) is 15.6 Å². The number of para-hydroxylation sites is 1. The van der Waals surface area contributed by atoms with Crippen LogP contribution in [0, 0.1) is 0 Å². The molecule has 0 saturated heterocycles. The lowest BCUT2D eigenvalue weighted by molar-refractivity contribution is 0.0950. The van der Waals surface area contributed by atoms with Gasteiger partial charge < -0.3 is 4.74 Å². The van der Waals surface area contributed by atoms with Gasteiger partial charge >= 0.3 is 0 Å². The Balaban J connectivity index is 1.38. The minimum Gasteiger partial charge on any atom is -0.488 e. The third-order valence-corrected chi connectivity index (χ3v) is 4.64. The molecule has 0 aliphatic heterocycles. The van der Waals surface area contributed by atoms with E-state index in [0.717, 1.165) is 16.7 Å². The Morgan fingerprint density at radius 3 is 2.50 bits per heavy atom. The first-order chi connectivity index (χ1) is 15.8. The lowest BCUT2D eigenvalue weighted by Gasteiger charge is -2.10. The minimum atomic E-state index is -0.379. The number of H-pyrrole nitrogens is 1. The Labute approximate surface area is 186 Å². The zero-order chi connectivity index (χ0) is 22.0. The normalized spacial score (nSPS) is 11.1. The number of benzene rings is 3. The van der Waals surface area contributed by atoms with Gasteiger partial charge in [-0.3, -0.25) is 9.89 Å². The van der Waals surface area contributed by atoms with Crippen molar-refractivity contribution < 1.29 is 9.53 Å². The van der Waals surface area contributed by atoms with E-state index in [4.69, 9.17) is 4.74 Å². The van der Waals surface area contributed by atoms with Crippen molar-refractivity contribution in [2.45, 2.75) is 6.61 Å². The summed E-state index contributed by atoms with van der Waals surface area (Å²) < 4.78 is 5.99. The highest BCUT2D eigenvalue weighted by Gasteiger charge is 2.13. The molecule has 3 aromatic carbocycles. The number of carbonyl (C=O) groups is 1. The van der Waals surface area contributed by atoms with Gasteiger partial charge in [0.25, 0.3) is 5.91 Å². The smallest absolute Gasteiger partial charge is 0.289 e. The molecule has 0 fully saturated rings. The van der Waals surface area contributed by atoms with E-state index in [0.29, 0.717) is 23.7 Å². The summed E-state index contributed by atoms with van der Waals surface area (Å²) in [6.07, 6.45) is 5.18. The van der Waals surface area contributed by atoms with Crippen LogP contribution in [0.5, 0.6) is 5.75 Å². The standard InChI is InChI=1S/C26H22N4O2/c31-26(30-27-17-9-14-20-10-3-1-4-11-20)24-18-23(28-29-24)22-15-7-8-16-25(22)32-19-21-12-5-2-6-13-21/h1-18H,19H2,(H,28,29)(H,30,31)/b14-9+,27-17+. The molecular weight excluding hydrogens is 400 g/mol. The minimum absolute atomic E-state index is 0.307. The number of ether oxygens (including phenoxy) is 1. The highest BCUT2D eigenvalue weighted by atomic mass is 16.5. The monoisotopic (exact) mass is 422 g/mol. The number of carbonyl (C=O) groups excluding carboxylic acids is 1. The lowest BCUT2D eigenvalue weighted by Crippen LogP contribution is -2.17. The van der Waals surface area contributed by atoms with E-state index >= 15 is 0 Å². The predicted octanol–water partition coefficient (Wildman–Crippen LogP) is 5.08. The largest absolute Gasteiger partial charge is 0.488 e. The average Bonchev–Trinajstić information content (AvgIpc) is 3.34. The number of allylic oxidation sites excluding steroid dienone is 1. The number of nitrogens with zero attached hydrogens (tertiary/aromatic N) is 2. The summed E-state index contributed by atoms with van der Waals surface area (Å²) in [5, 5.41) is 11.0. The number of aromatic nitrogens is 2. The van der Waals surface area contributed by atoms with Crippen LogP contribution < -0.4 is 10.2 Å². The van der Waals surface area contributed by atoms with E-state index < -0.39 is 0 Å². The second-order valence-electron chi connectivity index (χ2n) is 6.93. The molecule has 1 heterocycles. The van der Waals surface area contributed by atoms with Gasteiger partial charge in [0.05, 0.1) is 5.69 Å². The van der Waals surface area contributed by atoms with Crippen LogP contribution in [-0.4, -0.2) is 22.3 Å². The first-order valence-electron chi connectivity index (χ1n) is 10.2. The number of aromatic amines is 1. The molecule has 0 bridgehead atoms. The molecule has 2 N–H and O–H groups in total. The van der Waals surface area contributed by atoms with Crippen LogP contribution in [0.15, 0.2) is 102 Å². The molecule has 0 atom stereocenters. The second kappa shape index (κ2) is 10.5. The average molecular weight is 422 g/mol. The number of nitrogens with one attached hydrogen (secondary N) is 2. The van der Waals surface area contributed by atoms with E-state index in [-0.39, 0.29) is 5.91 Å². The fourth-order valence-corrected chi connectivity index (χ4v) is 3.03. The third kappa shape index (κ3) is 5.58. The summed E-state index contributed by atoms with van der Waals surface area (Å²) in [6.45, 7) is 0.445. The number of hydrazone groups is 1. The fraction of sp³-hybridized carbons (Fsp3) is 0.0385.